The van der Waals surface area contributed by atoms with E-state index in [0.29, 0.717) is 0 Å². The van der Waals surface area contributed by atoms with Crippen molar-refractivity contribution in [2.75, 3.05) is 0 Å². The smallest absolute Gasteiger partial charge is 0.00853 e. The number of hydrogen-bond acceptors (Lipinski definition) is 0. The Bertz CT molecular complexity index is 368. The van der Waals surface area contributed by atoms with Crippen molar-refractivity contribution >= 4 is 6.08 Å². The predicted octanol–water partition coefficient (Wildman–Crippen LogP) is 3.91. The third-order valence-corrected chi connectivity index (χ3v) is 3.66. The highest BCUT2D eigenvalue weighted by molar-refractivity contribution is 5.62. The summed E-state index contributed by atoms with van der Waals surface area (Å²) in [6.07, 6.45) is 11.4. The largest absolute Gasteiger partial charge is 0.0795 e. The molecule has 0 unspecified atom stereocenters. The lowest BCUT2D eigenvalue weighted by Gasteiger charge is -2.14. The van der Waals surface area contributed by atoms with Crippen molar-refractivity contribution in [2.45, 2.75) is 38.0 Å². The molecule has 0 N–H and O–H groups in total. The van der Waals surface area contributed by atoms with Crippen molar-refractivity contribution in [3.8, 4) is 0 Å². The van der Waals surface area contributed by atoms with Gasteiger partial charge in [-0.3, -0.25) is 0 Å². The summed E-state index contributed by atoms with van der Waals surface area (Å²) < 4.78 is 0. The molecule has 3 rings (SSSR count). The van der Waals surface area contributed by atoms with E-state index in [2.05, 4.69) is 30.4 Å². The molecule has 0 aromatic heterocycles. The Labute approximate surface area is 85.6 Å². The van der Waals surface area contributed by atoms with Crippen molar-refractivity contribution in [3.63, 3.8) is 0 Å². The molecule has 0 radical (unpaired) electrons. The van der Waals surface area contributed by atoms with Crippen LogP contribution < -0.4 is 0 Å². The van der Waals surface area contributed by atoms with Crippen molar-refractivity contribution in [1.82, 2.24) is 0 Å². The Morgan fingerprint density at radius 2 is 1.93 bits per heavy atom. The van der Waals surface area contributed by atoms with E-state index in [1.54, 1.807) is 11.1 Å². The van der Waals surface area contributed by atoms with E-state index in [0.717, 1.165) is 5.92 Å². The minimum atomic E-state index is 0.866. The van der Waals surface area contributed by atoms with Crippen LogP contribution in [0.5, 0.6) is 0 Å². The predicted molar refractivity (Wildman–Crippen MR) is 60.4 cm³/mol. The number of fused-ring (bicyclic) bond motifs is 1. The van der Waals surface area contributed by atoms with Gasteiger partial charge in [0.2, 0.25) is 0 Å². The maximum atomic E-state index is 2.35. The van der Waals surface area contributed by atoms with Gasteiger partial charge in [-0.25, -0.2) is 0 Å². The summed E-state index contributed by atoms with van der Waals surface area (Å²) in [4.78, 5) is 0. The molecule has 0 spiro atoms. The van der Waals surface area contributed by atoms with Crippen LogP contribution in [0.1, 0.15) is 48.3 Å². The van der Waals surface area contributed by atoms with Gasteiger partial charge in [-0.2, -0.15) is 0 Å². The van der Waals surface area contributed by atoms with Gasteiger partial charge in [-0.1, -0.05) is 43.2 Å². The highest BCUT2D eigenvalue weighted by atomic mass is 14.3. The second-order valence-corrected chi connectivity index (χ2v) is 4.50. The van der Waals surface area contributed by atoms with Crippen molar-refractivity contribution in [3.05, 3.63) is 41.0 Å². The van der Waals surface area contributed by atoms with Crippen LogP contribution in [-0.4, -0.2) is 0 Å². The average molecular weight is 184 g/mol. The Balaban J connectivity index is 2.02. The first-order valence-corrected chi connectivity index (χ1v) is 5.73. The van der Waals surface area contributed by atoms with Crippen LogP contribution >= 0.6 is 0 Å². The first kappa shape index (κ1) is 8.28. The van der Waals surface area contributed by atoms with Gasteiger partial charge >= 0.3 is 0 Å². The average Bonchev–Trinajstić information content (AvgIpc) is 2.88. The molecule has 0 saturated heterocycles. The molecule has 0 aliphatic heterocycles. The maximum Gasteiger partial charge on any atom is -0.00853 e. The zero-order valence-corrected chi connectivity index (χ0v) is 8.50. The lowest BCUT2D eigenvalue weighted by Crippen LogP contribution is -1.98. The molecule has 1 fully saturated rings. The minimum Gasteiger partial charge on any atom is -0.0795 e. The third kappa shape index (κ3) is 1.21. The van der Waals surface area contributed by atoms with Crippen molar-refractivity contribution < 1.29 is 0 Å². The molecular formula is C14H16. The van der Waals surface area contributed by atoms with Gasteiger partial charge in [-0.05, 0) is 41.9 Å². The topological polar surface area (TPSA) is 0 Å². The van der Waals surface area contributed by atoms with E-state index in [1.165, 1.54) is 37.7 Å². The fourth-order valence-corrected chi connectivity index (χ4v) is 2.94. The van der Waals surface area contributed by atoms with Gasteiger partial charge < -0.3 is 0 Å². The van der Waals surface area contributed by atoms with Crippen LogP contribution in [-0.2, 0) is 6.42 Å². The number of hydrogen-bond donors (Lipinski definition) is 0. The lowest BCUT2D eigenvalue weighted by atomic mass is 9.91. The first-order chi connectivity index (χ1) is 6.95. The van der Waals surface area contributed by atoms with Crippen LogP contribution in [0.3, 0.4) is 0 Å². The van der Waals surface area contributed by atoms with E-state index in [1.807, 2.05) is 0 Å². The molecular weight excluding hydrogens is 168 g/mol. The molecule has 14 heavy (non-hydrogen) atoms. The lowest BCUT2D eigenvalue weighted by molar-refractivity contribution is 0.716. The quantitative estimate of drug-likeness (QED) is 0.620. The number of rotatable bonds is 1. The number of allylic oxidation sites excluding steroid dienone is 1. The molecule has 72 valence electrons. The highest BCUT2D eigenvalue weighted by Crippen LogP contribution is 2.38. The molecule has 0 heteroatoms. The molecule has 0 atom stereocenters. The van der Waals surface area contributed by atoms with Gasteiger partial charge in [0, 0.05) is 0 Å². The summed E-state index contributed by atoms with van der Waals surface area (Å²) in [5.41, 5.74) is 4.72. The standard InChI is InChI=1S/C14H16/c1-2-6-11(5-1)13-9-3-7-12-8-4-10-14(12)13/h3-4,7-9,11H,1-2,5-6,10H2. The fourth-order valence-electron chi connectivity index (χ4n) is 2.94. The van der Waals surface area contributed by atoms with Crippen LogP contribution in [0.15, 0.2) is 24.3 Å². The summed E-state index contributed by atoms with van der Waals surface area (Å²) >= 11 is 0. The van der Waals surface area contributed by atoms with Crippen molar-refractivity contribution in [2.24, 2.45) is 0 Å². The molecule has 1 saturated carbocycles. The molecule has 2 aliphatic carbocycles. The molecule has 1 aromatic rings. The van der Waals surface area contributed by atoms with Crippen LogP contribution in [0.25, 0.3) is 6.08 Å². The second kappa shape index (κ2) is 3.27. The van der Waals surface area contributed by atoms with Crippen LogP contribution in [0.2, 0.25) is 0 Å². The fraction of sp³-hybridized carbons (Fsp3) is 0.429. The maximum absolute atomic E-state index is 2.35. The van der Waals surface area contributed by atoms with Gasteiger partial charge in [-0.15, -0.1) is 0 Å². The van der Waals surface area contributed by atoms with Crippen molar-refractivity contribution in [1.29, 1.82) is 0 Å². The van der Waals surface area contributed by atoms with Gasteiger partial charge in [0.15, 0.2) is 0 Å². The Kier molecular flexibility index (Phi) is 1.93. The summed E-state index contributed by atoms with van der Waals surface area (Å²) in [5.74, 6) is 0.866. The van der Waals surface area contributed by atoms with Gasteiger partial charge in [0.05, 0.1) is 0 Å². The second-order valence-electron chi connectivity index (χ2n) is 4.50. The van der Waals surface area contributed by atoms with Gasteiger partial charge in [0.1, 0.15) is 0 Å². The number of benzene rings is 1. The first-order valence-electron chi connectivity index (χ1n) is 5.73. The highest BCUT2D eigenvalue weighted by Gasteiger charge is 2.21. The SMILES string of the molecule is C1=Cc2cccc(C3CCCC3)c2C1. The summed E-state index contributed by atoms with van der Waals surface area (Å²) in [6.45, 7) is 0. The Morgan fingerprint density at radius 3 is 2.79 bits per heavy atom. The molecule has 0 bridgehead atoms. The summed E-state index contributed by atoms with van der Waals surface area (Å²) in [7, 11) is 0. The molecule has 0 heterocycles. The van der Waals surface area contributed by atoms with E-state index < -0.39 is 0 Å². The van der Waals surface area contributed by atoms with Gasteiger partial charge in [0.25, 0.3) is 0 Å². The molecule has 0 nitrogen and oxygen atoms in total. The monoisotopic (exact) mass is 184 g/mol. The minimum absolute atomic E-state index is 0.866. The van der Waals surface area contributed by atoms with Crippen LogP contribution in [0.4, 0.5) is 0 Å². The molecule has 1 aromatic carbocycles. The summed E-state index contributed by atoms with van der Waals surface area (Å²) in [5, 5.41) is 0. The molecule has 2 aliphatic rings. The Morgan fingerprint density at radius 1 is 1.07 bits per heavy atom. The van der Waals surface area contributed by atoms with Crippen LogP contribution in [0, 0.1) is 0 Å². The van der Waals surface area contributed by atoms with E-state index in [-0.39, 0.29) is 0 Å². The molecule has 0 amide bonds. The normalized spacial score (nSPS) is 20.3. The Hall–Kier alpha value is -1.04. The zero-order valence-electron chi connectivity index (χ0n) is 8.50. The van der Waals surface area contributed by atoms with E-state index >= 15 is 0 Å². The summed E-state index contributed by atoms with van der Waals surface area (Å²) in [6, 6.07) is 6.82. The zero-order chi connectivity index (χ0) is 9.38. The van der Waals surface area contributed by atoms with E-state index in [9.17, 15) is 0 Å². The van der Waals surface area contributed by atoms with E-state index in [4.69, 9.17) is 0 Å². The third-order valence-electron chi connectivity index (χ3n) is 3.66.